The van der Waals surface area contributed by atoms with Gasteiger partial charge in [0, 0.05) is 30.8 Å². The summed E-state index contributed by atoms with van der Waals surface area (Å²) in [5.74, 6) is 2.88. The van der Waals surface area contributed by atoms with Crippen LogP contribution in [0.5, 0.6) is 0 Å². The monoisotopic (exact) mass is 375 g/mol. The van der Waals surface area contributed by atoms with Gasteiger partial charge in [0.1, 0.15) is 6.04 Å². The van der Waals surface area contributed by atoms with E-state index < -0.39 is 5.41 Å². The molecule has 1 N–H and O–H groups in total. The fourth-order valence-electron chi connectivity index (χ4n) is 2.89. The van der Waals surface area contributed by atoms with E-state index in [2.05, 4.69) is 27.4 Å². The van der Waals surface area contributed by atoms with E-state index in [1.165, 1.54) is 0 Å². The Morgan fingerprint density at radius 3 is 2.79 bits per heavy atom. The van der Waals surface area contributed by atoms with Gasteiger partial charge in [-0.25, -0.2) is 0 Å². The van der Waals surface area contributed by atoms with Crippen molar-refractivity contribution in [3.8, 4) is 0 Å². The Labute approximate surface area is 153 Å². The maximum atomic E-state index is 12.6. The average molecular weight is 376 g/mol. The summed E-state index contributed by atoms with van der Waals surface area (Å²) >= 11 is 1.73. The minimum absolute atomic E-state index is 0. The molecular weight excluding hydrogens is 350 g/mol. The van der Waals surface area contributed by atoms with Crippen LogP contribution in [0.15, 0.2) is 4.52 Å². The Morgan fingerprint density at radius 2 is 2.12 bits per heavy atom. The predicted octanol–water partition coefficient (Wildman–Crippen LogP) is 1.69. The van der Waals surface area contributed by atoms with Crippen molar-refractivity contribution in [1.82, 2.24) is 25.3 Å². The van der Waals surface area contributed by atoms with Crippen LogP contribution in [0.1, 0.15) is 44.6 Å². The van der Waals surface area contributed by atoms with Gasteiger partial charge in [0.15, 0.2) is 5.82 Å². The lowest BCUT2D eigenvalue weighted by Crippen LogP contribution is -2.44. The highest BCUT2D eigenvalue weighted by molar-refractivity contribution is 7.99. The molecule has 2 saturated heterocycles. The number of rotatable bonds is 2. The normalized spacial score (nSPS) is 25.6. The van der Waals surface area contributed by atoms with Crippen LogP contribution in [0.3, 0.4) is 0 Å². The van der Waals surface area contributed by atoms with E-state index >= 15 is 0 Å². The first-order valence-corrected chi connectivity index (χ1v) is 9.16. The van der Waals surface area contributed by atoms with Gasteiger partial charge in [0.05, 0.1) is 11.9 Å². The zero-order valence-electron chi connectivity index (χ0n) is 14.6. The molecule has 9 heteroatoms. The molecule has 0 radical (unpaired) electrons. The van der Waals surface area contributed by atoms with Gasteiger partial charge in [-0.3, -0.25) is 9.69 Å². The molecule has 1 amide bonds. The summed E-state index contributed by atoms with van der Waals surface area (Å²) in [4.78, 5) is 21.3. The minimum atomic E-state index is -0.403. The number of halogens is 1. The number of nitrogens with zero attached hydrogens (tertiary/aromatic N) is 4. The standard InChI is InChI=1S/C15H25N5O2S.ClH/c1-15(2,3)14(21)20-9-23-8-11(20)13-17-12(18-22-13)10-7-16-5-6-19(10)4;/h10-11,16H,5-9H2,1-4H3;1H. The molecule has 0 bridgehead atoms. The van der Waals surface area contributed by atoms with Crippen molar-refractivity contribution < 1.29 is 9.32 Å². The second-order valence-corrected chi connectivity index (χ2v) is 8.23. The van der Waals surface area contributed by atoms with Crippen LogP contribution < -0.4 is 5.32 Å². The number of carbonyl (C=O) groups is 1. The topological polar surface area (TPSA) is 74.5 Å². The summed E-state index contributed by atoms with van der Waals surface area (Å²) in [6.07, 6.45) is 0. The Balaban J connectivity index is 0.00000208. The molecule has 3 heterocycles. The van der Waals surface area contributed by atoms with Crippen LogP contribution in [0.2, 0.25) is 0 Å². The van der Waals surface area contributed by atoms with Gasteiger partial charge in [-0.2, -0.15) is 4.98 Å². The molecule has 1 aromatic rings. The number of likely N-dealkylation sites (N-methyl/N-ethyl adjacent to an activating group) is 1. The summed E-state index contributed by atoms with van der Waals surface area (Å²) in [5.41, 5.74) is -0.403. The predicted molar refractivity (Wildman–Crippen MR) is 96.2 cm³/mol. The number of hydrogen-bond acceptors (Lipinski definition) is 7. The van der Waals surface area contributed by atoms with E-state index in [0.717, 1.165) is 25.4 Å². The maximum absolute atomic E-state index is 12.6. The Morgan fingerprint density at radius 1 is 1.38 bits per heavy atom. The van der Waals surface area contributed by atoms with Crippen molar-refractivity contribution in [1.29, 1.82) is 0 Å². The first-order valence-electron chi connectivity index (χ1n) is 8.01. The third-order valence-electron chi connectivity index (χ3n) is 4.34. The van der Waals surface area contributed by atoms with Gasteiger partial charge in [0.25, 0.3) is 0 Å². The fourth-order valence-corrected chi connectivity index (χ4v) is 4.04. The van der Waals surface area contributed by atoms with Crippen LogP contribution in [-0.2, 0) is 4.79 Å². The Hall–Kier alpha value is -0.830. The van der Waals surface area contributed by atoms with Crippen LogP contribution >= 0.6 is 24.2 Å². The molecule has 3 rings (SSSR count). The van der Waals surface area contributed by atoms with Crippen molar-refractivity contribution in [3.63, 3.8) is 0 Å². The van der Waals surface area contributed by atoms with E-state index in [0.29, 0.717) is 17.6 Å². The lowest BCUT2D eigenvalue weighted by molar-refractivity contribution is -0.140. The SMILES string of the molecule is CN1CCNCC1c1noc(C2CSCN2C(=O)C(C)(C)C)n1.Cl. The molecule has 2 aliphatic rings. The molecule has 136 valence electrons. The van der Waals surface area contributed by atoms with Crippen molar-refractivity contribution in [3.05, 3.63) is 11.7 Å². The highest BCUT2D eigenvalue weighted by Crippen LogP contribution is 2.36. The molecule has 0 saturated carbocycles. The number of amides is 1. The minimum Gasteiger partial charge on any atom is -0.337 e. The second-order valence-electron chi connectivity index (χ2n) is 7.23. The number of carbonyl (C=O) groups excluding carboxylic acids is 1. The molecule has 2 aliphatic heterocycles. The van der Waals surface area contributed by atoms with E-state index in [9.17, 15) is 4.79 Å². The van der Waals surface area contributed by atoms with Gasteiger partial charge < -0.3 is 14.7 Å². The molecule has 0 aromatic carbocycles. The summed E-state index contributed by atoms with van der Waals surface area (Å²) in [7, 11) is 2.07. The van der Waals surface area contributed by atoms with Crippen molar-refractivity contribution in [2.75, 3.05) is 38.3 Å². The maximum Gasteiger partial charge on any atom is 0.250 e. The summed E-state index contributed by atoms with van der Waals surface area (Å²) < 4.78 is 5.52. The molecule has 0 aliphatic carbocycles. The van der Waals surface area contributed by atoms with Crippen molar-refractivity contribution in [2.24, 2.45) is 5.41 Å². The molecule has 2 atom stereocenters. The third-order valence-corrected chi connectivity index (χ3v) is 5.35. The summed E-state index contributed by atoms with van der Waals surface area (Å²) in [6, 6.07) is 0.0110. The third kappa shape index (κ3) is 3.87. The Kier molecular flexibility index (Phi) is 6.17. The number of thioether (sulfide) groups is 1. The fraction of sp³-hybridized carbons (Fsp3) is 0.800. The summed E-state index contributed by atoms with van der Waals surface area (Å²) in [6.45, 7) is 8.58. The van der Waals surface area contributed by atoms with Crippen LogP contribution in [0.25, 0.3) is 0 Å². The molecule has 2 fully saturated rings. The molecule has 7 nitrogen and oxygen atoms in total. The number of nitrogens with one attached hydrogen (secondary N) is 1. The van der Waals surface area contributed by atoms with Gasteiger partial charge in [-0.1, -0.05) is 25.9 Å². The molecule has 1 aromatic heterocycles. The van der Waals surface area contributed by atoms with E-state index in [4.69, 9.17) is 4.52 Å². The van der Waals surface area contributed by atoms with Crippen LogP contribution in [0, 0.1) is 5.41 Å². The first kappa shape index (κ1) is 19.5. The van der Waals surface area contributed by atoms with E-state index in [-0.39, 0.29) is 30.4 Å². The molecule has 2 unspecified atom stereocenters. The Bertz CT molecular complexity index is 576. The zero-order valence-corrected chi connectivity index (χ0v) is 16.2. The smallest absolute Gasteiger partial charge is 0.250 e. The highest BCUT2D eigenvalue weighted by Gasteiger charge is 2.39. The quantitative estimate of drug-likeness (QED) is 0.842. The number of aromatic nitrogens is 2. The molecule has 0 spiro atoms. The van der Waals surface area contributed by atoms with Gasteiger partial charge >= 0.3 is 0 Å². The first-order chi connectivity index (χ1) is 10.9. The lowest BCUT2D eigenvalue weighted by atomic mass is 9.94. The van der Waals surface area contributed by atoms with E-state index in [1.807, 2.05) is 25.7 Å². The van der Waals surface area contributed by atoms with Crippen molar-refractivity contribution >= 4 is 30.1 Å². The number of hydrogen-bond donors (Lipinski definition) is 1. The van der Waals surface area contributed by atoms with Crippen LogP contribution in [0.4, 0.5) is 0 Å². The molecule has 24 heavy (non-hydrogen) atoms. The zero-order chi connectivity index (χ0) is 16.6. The highest BCUT2D eigenvalue weighted by atomic mass is 35.5. The molecular formula is C15H26ClN5O2S. The number of piperazine rings is 1. The van der Waals surface area contributed by atoms with E-state index in [1.54, 1.807) is 11.8 Å². The average Bonchev–Trinajstić information content (AvgIpc) is 3.14. The van der Waals surface area contributed by atoms with Gasteiger partial charge in [0.2, 0.25) is 11.8 Å². The van der Waals surface area contributed by atoms with Crippen LogP contribution in [-0.4, -0.2) is 64.2 Å². The van der Waals surface area contributed by atoms with Gasteiger partial charge in [-0.15, -0.1) is 24.2 Å². The van der Waals surface area contributed by atoms with Crippen molar-refractivity contribution in [2.45, 2.75) is 32.9 Å². The lowest BCUT2D eigenvalue weighted by Gasteiger charge is -2.30. The second kappa shape index (κ2) is 7.59. The summed E-state index contributed by atoms with van der Waals surface area (Å²) in [5, 5.41) is 7.53. The van der Waals surface area contributed by atoms with Gasteiger partial charge in [-0.05, 0) is 7.05 Å². The largest absolute Gasteiger partial charge is 0.337 e.